The summed E-state index contributed by atoms with van der Waals surface area (Å²) in [4.78, 5) is 24.2. The maximum absolute atomic E-state index is 12.7. The summed E-state index contributed by atoms with van der Waals surface area (Å²) in [6, 6.07) is 11.5. The molecule has 6 nitrogen and oxygen atoms in total. The van der Waals surface area contributed by atoms with Gasteiger partial charge in [-0.3, -0.25) is 20.4 Å². The van der Waals surface area contributed by atoms with Crippen LogP contribution in [0.5, 0.6) is 11.5 Å². The fourth-order valence-corrected chi connectivity index (χ4v) is 3.06. The molecule has 0 fully saturated rings. The predicted molar refractivity (Wildman–Crippen MR) is 94.8 cm³/mol. The van der Waals surface area contributed by atoms with Crippen molar-refractivity contribution in [3.63, 3.8) is 0 Å². The van der Waals surface area contributed by atoms with E-state index < -0.39 is 29.7 Å². The third-order valence-electron chi connectivity index (χ3n) is 3.66. The van der Waals surface area contributed by atoms with Crippen molar-refractivity contribution < 1.29 is 32.2 Å². The van der Waals surface area contributed by atoms with Crippen LogP contribution < -0.4 is 20.3 Å². The molecule has 3 rings (SSSR count). The van der Waals surface area contributed by atoms with Crippen molar-refractivity contribution in [1.82, 2.24) is 10.9 Å². The summed E-state index contributed by atoms with van der Waals surface area (Å²) in [6.45, 7) is -0.0162. The number of alkyl halides is 3. The Morgan fingerprint density at radius 2 is 1.82 bits per heavy atom. The van der Waals surface area contributed by atoms with Gasteiger partial charge >= 0.3 is 6.18 Å². The Morgan fingerprint density at radius 3 is 2.57 bits per heavy atom. The van der Waals surface area contributed by atoms with Gasteiger partial charge in [-0.25, -0.2) is 0 Å². The molecule has 28 heavy (non-hydrogen) atoms. The van der Waals surface area contributed by atoms with E-state index in [0.29, 0.717) is 11.5 Å². The minimum atomic E-state index is -4.45. The van der Waals surface area contributed by atoms with E-state index in [0.717, 1.165) is 23.9 Å². The predicted octanol–water partition coefficient (Wildman–Crippen LogP) is 2.78. The van der Waals surface area contributed by atoms with Gasteiger partial charge in [0.25, 0.3) is 5.91 Å². The zero-order chi connectivity index (χ0) is 20.1. The lowest BCUT2D eigenvalue weighted by atomic mass is 10.2. The number of carbonyl (C=O) groups is 2. The summed E-state index contributed by atoms with van der Waals surface area (Å²) in [7, 11) is 0. The average molecular weight is 412 g/mol. The van der Waals surface area contributed by atoms with E-state index in [9.17, 15) is 22.8 Å². The summed E-state index contributed by atoms with van der Waals surface area (Å²) in [5, 5.41) is 0. The van der Waals surface area contributed by atoms with Crippen LogP contribution in [0.4, 0.5) is 13.2 Å². The fraction of sp³-hybridized carbons (Fsp3) is 0.222. The van der Waals surface area contributed by atoms with Crippen molar-refractivity contribution in [2.24, 2.45) is 0 Å². The minimum absolute atomic E-state index is 0.0162. The number of nitrogens with one attached hydrogen (secondary N) is 2. The fourth-order valence-electron chi connectivity index (χ4n) is 2.31. The molecule has 0 radical (unpaired) electrons. The highest BCUT2D eigenvalue weighted by Gasteiger charge is 2.30. The number of amides is 2. The molecule has 2 N–H and O–H groups in total. The molecule has 0 aromatic heterocycles. The number of hydrogen-bond donors (Lipinski definition) is 2. The molecule has 0 saturated carbocycles. The molecule has 2 aromatic carbocycles. The van der Waals surface area contributed by atoms with Gasteiger partial charge < -0.3 is 9.47 Å². The zero-order valence-corrected chi connectivity index (χ0v) is 15.1. The molecule has 10 heteroatoms. The molecule has 148 valence electrons. The first-order chi connectivity index (χ1) is 13.3. The van der Waals surface area contributed by atoms with Gasteiger partial charge in [-0.15, -0.1) is 11.8 Å². The SMILES string of the molecule is O=C(CSc1cccc(C(F)(F)F)c1)NNC(=O)[C@@H]1COc2ccccc2O1. The van der Waals surface area contributed by atoms with Gasteiger partial charge in [-0.2, -0.15) is 13.2 Å². The topological polar surface area (TPSA) is 76.7 Å². The molecule has 0 saturated heterocycles. The van der Waals surface area contributed by atoms with Crippen molar-refractivity contribution in [2.45, 2.75) is 17.2 Å². The van der Waals surface area contributed by atoms with Gasteiger partial charge in [0.15, 0.2) is 11.5 Å². The van der Waals surface area contributed by atoms with Gasteiger partial charge in [0.05, 0.1) is 11.3 Å². The van der Waals surface area contributed by atoms with Crippen molar-refractivity contribution in [2.75, 3.05) is 12.4 Å². The van der Waals surface area contributed by atoms with Crippen LogP contribution in [0.3, 0.4) is 0 Å². The average Bonchev–Trinajstić information content (AvgIpc) is 2.69. The Balaban J connectivity index is 1.45. The molecule has 1 heterocycles. The molecule has 1 aliphatic rings. The number of rotatable bonds is 4. The highest BCUT2D eigenvalue weighted by molar-refractivity contribution is 8.00. The van der Waals surface area contributed by atoms with Crippen LogP contribution in [0.1, 0.15) is 5.56 Å². The van der Waals surface area contributed by atoms with E-state index in [1.54, 1.807) is 24.3 Å². The second kappa shape index (κ2) is 8.42. The summed E-state index contributed by atoms with van der Waals surface area (Å²) in [5.74, 6) is -0.417. The number of hydrazine groups is 1. The van der Waals surface area contributed by atoms with E-state index >= 15 is 0 Å². The number of halogens is 3. The summed E-state index contributed by atoms with van der Waals surface area (Å²) in [6.07, 6.45) is -5.39. The second-order valence-electron chi connectivity index (χ2n) is 5.72. The van der Waals surface area contributed by atoms with Crippen molar-refractivity contribution >= 4 is 23.6 Å². The number of para-hydroxylation sites is 2. The first-order valence-corrected chi connectivity index (χ1v) is 9.09. The van der Waals surface area contributed by atoms with Crippen LogP contribution in [0.15, 0.2) is 53.4 Å². The molecule has 0 aliphatic carbocycles. The molecule has 1 atom stereocenters. The first-order valence-electron chi connectivity index (χ1n) is 8.10. The van der Waals surface area contributed by atoms with Crippen molar-refractivity contribution in [3.05, 3.63) is 54.1 Å². The first kappa shape index (κ1) is 19.9. The van der Waals surface area contributed by atoms with E-state index in [2.05, 4.69) is 10.9 Å². The highest BCUT2D eigenvalue weighted by atomic mass is 32.2. The number of carbonyl (C=O) groups excluding carboxylic acids is 2. The van der Waals surface area contributed by atoms with Crippen LogP contribution in [0, 0.1) is 0 Å². The van der Waals surface area contributed by atoms with Crippen LogP contribution in [0.2, 0.25) is 0 Å². The lowest BCUT2D eigenvalue weighted by Gasteiger charge is -2.25. The minimum Gasteiger partial charge on any atom is -0.485 e. The Morgan fingerprint density at radius 1 is 1.07 bits per heavy atom. The van der Waals surface area contributed by atoms with E-state index in [4.69, 9.17) is 9.47 Å². The monoisotopic (exact) mass is 412 g/mol. The molecule has 0 spiro atoms. The van der Waals surface area contributed by atoms with Crippen LogP contribution in [0.25, 0.3) is 0 Å². The number of fused-ring (bicyclic) bond motifs is 1. The molecule has 0 unspecified atom stereocenters. The maximum Gasteiger partial charge on any atom is 0.416 e. The van der Waals surface area contributed by atoms with Gasteiger partial charge in [0.2, 0.25) is 12.0 Å². The third-order valence-corrected chi connectivity index (χ3v) is 4.65. The maximum atomic E-state index is 12.7. The van der Waals surface area contributed by atoms with E-state index in [-0.39, 0.29) is 17.3 Å². The lowest BCUT2D eigenvalue weighted by molar-refractivity contribution is -0.137. The Labute approximate surface area is 162 Å². The largest absolute Gasteiger partial charge is 0.485 e. The molecular formula is C18H15F3N2O4S. The zero-order valence-electron chi connectivity index (χ0n) is 14.3. The summed E-state index contributed by atoms with van der Waals surface area (Å²) < 4.78 is 49.0. The van der Waals surface area contributed by atoms with Crippen LogP contribution >= 0.6 is 11.8 Å². The van der Waals surface area contributed by atoms with Gasteiger partial charge in [0.1, 0.15) is 6.61 Å². The number of benzene rings is 2. The van der Waals surface area contributed by atoms with Gasteiger partial charge in [-0.05, 0) is 30.3 Å². The van der Waals surface area contributed by atoms with Crippen LogP contribution in [-0.4, -0.2) is 30.3 Å². The molecule has 2 aromatic rings. The number of thioether (sulfide) groups is 1. The Hall–Kier alpha value is -2.88. The van der Waals surface area contributed by atoms with E-state index in [1.807, 2.05) is 0 Å². The van der Waals surface area contributed by atoms with Crippen LogP contribution in [-0.2, 0) is 15.8 Å². The number of ether oxygens (including phenoxy) is 2. The lowest BCUT2D eigenvalue weighted by Crippen LogP contribution is -2.51. The molecule has 1 aliphatic heterocycles. The Bertz CT molecular complexity index is 876. The van der Waals surface area contributed by atoms with E-state index in [1.165, 1.54) is 12.1 Å². The third kappa shape index (κ3) is 5.10. The molecule has 0 bridgehead atoms. The van der Waals surface area contributed by atoms with Gasteiger partial charge in [-0.1, -0.05) is 18.2 Å². The summed E-state index contributed by atoms with van der Waals surface area (Å²) >= 11 is 0.917. The number of hydrogen-bond acceptors (Lipinski definition) is 5. The quantitative estimate of drug-likeness (QED) is 0.597. The molecular weight excluding hydrogens is 397 g/mol. The molecule has 2 amide bonds. The standard InChI is InChI=1S/C18H15F3N2O4S/c19-18(20,21)11-4-3-5-12(8-11)28-10-16(24)22-23-17(25)15-9-26-13-6-1-2-7-14(13)27-15/h1-8,15H,9-10H2,(H,22,24)(H,23,25)/t15-/m0/s1. The van der Waals surface area contributed by atoms with Crippen molar-refractivity contribution in [1.29, 1.82) is 0 Å². The van der Waals surface area contributed by atoms with Gasteiger partial charge in [0, 0.05) is 4.90 Å². The van der Waals surface area contributed by atoms with Crippen molar-refractivity contribution in [3.8, 4) is 11.5 Å². The highest BCUT2D eigenvalue weighted by Crippen LogP contribution is 2.32. The second-order valence-corrected chi connectivity index (χ2v) is 6.76. The Kier molecular flexibility index (Phi) is 5.98. The smallest absolute Gasteiger partial charge is 0.416 e. The summed E-state index contributed by atoms with van der Waals surface area (Å²) in [5.41, 5.74) is 3.63. The normalized spacial score (nSPS) is 15.6.